The molecule has 7 heteroatoms. The van der Waals surface area contributed by atoms with E-state index < -0.39 is 0 Å². The molecule has 2 aromatic rings. The van der Waals surface area contributed by atoms with Crippen molar-refractivity contribution in [3.05, 3.63) is 59.4 Å². The number of hydrogen-bond acceptors (Lipinski definition) is 5. The molecule has 1 aliphatic heterocycles. The summed E-state index contributed by atoms with van der Waals surface area (Å²) in [4.78, 5) is 14.0. The van der Waals surface area contributed by atoms with Crippen LogP contribution >= 0.6 is 0 Å². The van der Waals surface area contributed by atoms with Crippen LogP contribution in [-0.2, 0) is 4.74 Å². The van der Waals surface area contributed by atoms with Crippen LogP contribution in [0.3, 0.4) is 0 Å². The first-order valence-electron chi connectivity index (χ1n) is 8.37. The highest BCUT2D eigenvalue weighted by Crippen LogP contribution is 2.22. The largest absolute Gasteiger partial charge is 0.399 e. The van der Waals surface area contributed by atoms with Crippen LogP contribution in [0.1, 0.15) is 22.8 Å². The molecule has 0 unspecified atom stereocenters. The number of hydrazone groups is 1. The number of anilines is 2. The standard InChI is InChI=1S/C19H21FN4O2/c1-13(22-23-19(25)14-2-5-16(21)6-3-14)15-4-7-18(17(20)12-15)24-8-10-26-11-9-24/h2-7,12H,8-11,21H2,1H3,(H,23,25)/b22-13-. The number of morpholine rings is 1. The lowest BCUT2D eigenvalue weighted by Gasteiger charge is -2.29. The van der Waals surface area contributed by atoms with Crippen molar-refractivity contribution in [3.8, 4) is 0 Å². The topological polar surface area (TPSA) is 80.0 Å². The van der Waals surface area contributed by atoms with Gasteiger partial charge < -0.3 is 15.4 Å². The van der Waals surface area contributed by atoms with Crippen molar-refractivity contribution in [2.75, 3.05) is 36.9 Å². The zero-order valence-electron chi connectivity index (χ0n) is 14.5. The number of carbonyl (C=O) groups is 1. The van der Waals surface area contributed by atoms with Crippen LogP contribution in [0.5, 0.6) is 0 Å². The van der Waals surface area contributed by atoms with Gasteiger partial charge in [0.15, 0.2) is 0 Å². The molecule has 3 N–H and O–H groups in total. The minimum atomic E-state index is -0.352. The first-order chi connectivity index (χ1) is 12.5. The van der Waals surface area contributed by atoms with Crippen LogP contribution in [0.4, 0.5) is 15.8 Å². The van der Waals surface area contributed by atoms with E-state index in [1.165, 1.54) is 6.07 Å². The van der Waals surface area contributed by atoms with Crippen molar-refractivity contribution in [3.63, 3.8) is 0 Å². The summed E-state index contributed by atoms with van der Waals surface area (Å²) >= 11 is 0. The first-order valence-corrected chi connectivity index (χ1v) is 8.37. The molecule has 0 spiro atoms. The van der Waals surface area contributed by atoms with Gasteiger partial charge in [-0.25, -0.2) is 9.82 Å². The number of nitrogen functional groups attached to an aromatic ring is 1. The molecular formula is C19H21FN4O2. The Kier molecular flexibility index (Phi) is 5.48. The van der Waals surface area contributed by atoms with Crippen LogP contribution < -0.4 is 16.1 Å². The maximum atomic E-state index is 14.5. The summed E-state index contributed by atoms with van der Waals surface area (Å²) < 4.78 is 19.7. The van der Waals surface area contributed by atoms with E-state index in [0.29, 0.717) is 54.5 Å². The average Bonchev–Trinajstić information content (AvgIpc) is 2.67. The van der Waals surface area contributed by atoms with Crippen LogP contribution in [0.2, 0.25) is 0 Å². The monoisotopic (exact) mass is 356 g/mol. The molecule has 2 aromatic carbocycles. The number of halogens is 1. The van der Waals surface area contributed by atoms with Crippen molar-refractivity contribution in [1.82, 2.24) is 5.43 Å². The molecule has 0 bridgehead atoms. The third-order valence-corrected chi connectivity index (χ3v) is 4.22. The van der Waals surface area contributed by atoms with Gasteiger partial charge in [-0.15, -0.1) is 0 Å². The second kappa shape index (κ2) is 7.97. The van der Waals surface area contributed by atoms with Gasteiger partial charge in [-0.1, -0.05) is 6.07 Å². The minimum absolute atomic E-state index is 0.316. The molecule has 136 valence electrons. The molecule has 26 heavy (non-hydrogen) atoms. The molecule has 0 atom stereocenters. The lowest BCUT2D eigenvalue weighted by Crippen LogP contribution is -2.36. The Bertz CT molecular complexity index is 815. The summed E-state index contributed by atoms with van der Waals surface area (Å²) in [6.07, 6.45) is 0. The van der Waals surface area contributed by atoms with E-state index in [9.17, 15) is 9.18 Å². The lowest BCUT2D eigenvalue weighted by molar-refractivity contribution is 0.0955. The average molecular weight is 356 g/mol. The number of rotatable bonds is 4. The fourth-order valence-electron chi connectivity index (χ4n) is 2.69. The number of nitrogens with two attached hydrogens (primary N) is 1. The number of nitrogens with zero attached hydrogens (tertiary/aromatic N) is 2. The van der Waals surface area contributed by atoms with E-state index in [4.69, 9.17) is 10.5 Å². The summed E-state index contributed by atoms with van der Waals surface area (Å²) in [5.41, 5.74) is 10.8. The lowest BCUT2D eigenvalue weighted by atomic mass is 10.1. The molecule has 1 aliphatic rings. The Hall–Kier alpha value is -2.93. The number of benzene rings is 2. The highest BCUT2D eigenvalue weighted by Gasteiger charge is 2.15. The van der Waals surface area contributed by atoms with Crippen LogP contribution in [0, 0.1) is 5.82 Å². The second-order valence-electron chi connectivity index (χ2n) is 6.03. The first kappa shape index (κ1) is 17.9. The number of amides is 1. The summed E-state index contributed by atoms with van der Waals surface area (Å²) in [6.45, 7) is 4.24. The SMILES string of the molecule is C/C(=N/NC(=O)c1ccc(N)cc1)c1ccc(N2CCOCC2)c(F)c1. The highest BCUT2D eigenvalue weighted by atomic mass is 19.1. The van der Waals surface area contributed by atoms with Gasteiger partial charge in [-0.3, -0.25) is 4.79 Å². The van der Waals surface area contributed by atoms with E-state index in [1.54, 1.807) is 43.3 Å². The van der Waals surface area contributed by atoms with Gasteiger partial charge in [0.1, 0.15) is 5.82 Å². The van der Waals surface area contributed by atoms with E-state index in [1.807, 2.05) is 4.90 Å². The van der Waals surface area contributed by atoms with Gasteiger partial charge in [-0.2, -0.15) is 5.10 Å². The summed E-state index contributed by atoms with van der Waals surface area (Å²) in [5, 5.41) is 4.06. The zero-order valence-corrected chi connectivity index (χ0v) is 14.5. The molecule has 1 fully saturated rings. The number of carbonyl (C=O) groups excluding carboxylic acids is 1. The fraction of sp³-hybridized carbons (Fsp3) is 0.263. The Balaban J connectivity index is 1.69. The van der Waals surface area contributed by atoms with E-state index in [0.717, 1.165) is 0 Å². The molecule has 0 aliphatic carbocycles. The van der Waals surface area contributed by atoms with Gasteiger partial charge in [-0.05, 0) is 43.3 Å². The van der Waals surface area contributed by atoms with Crippen molar-refractivity contribution in [1.29, 1.82) is 0 Å². The van der Waals surface area contributed by atoms with Gasteiger partial charge in [0, 0.05) is 29.9 Å². The molecule has 3 rings (SSSR count). The van der Waals surface area contributed by atoms with Gasteiger partial charge in [0.05, 0.1) is 24.6 Å². The third kappa shape index (κ3) is 4.18. The van der Waals surface area contributed by atoms with Gasteiger partial charge in [0.25, 0.3) is 5.91 Å². The maximum absolute atomic E-state index is 14.5. The molecule has 6 nitrogen and oxygen atoms in total. The van der Waals surface area contributed by atoms with E-state index in [2.05, 4.69) is 10.5 Å². The normalized spacial score (nSPS) is 15.0. The van der Waals surface area contributed by atoms with Crippen LogP contribution in [-0.4, -0.2) is 37.9 Å². The zero-order chi connectivity index (χ0) is 18.5. The number of nitrogens with one attached hydrogen (secondary N) is 1. The highest BCUT2D eigenvalue weighted by molar-refractivity contribution is 6.01. The smallest absolute Gasteiger partial charge is 0.271 e. The van der Waals surface area contributed by atoms with Gasteiger partial charge >= 0.3 is 0 Å². The Morgan fingerprint density at radius 2 is 1.81 bits per heavy atom. The van der Waals surface area contributed by atoms with Gasteiger partial charge in [0.2, 0.25) is 0 Å². The molecule has 1 saturated heterocycles. The predicted octanol–water partition coefficient (Wildman–Crippen LogP) is 2.40. The quantitative estimate of drug-likeness (QED) is 0.501. The number of ether oxygens (including phenoxy) is 1. The van der Waals surface area contributed by atoms with Crippen molar-refractivity contribution in [2.45, 2.75) is 6.92 Å². The fourth-order valence-corrected chi connectivity index (χ4v) is 2.69. The maximum Gasteiger partial charge on any atom is 0.271 e. The molecule has 0 saturated carbocycles. The van der Waals surface area contributed by atoms with Crippen LogP contribution in [0.15, 0.2) is 47.6 Å². The third-order valence-electron chi connectivity index (χ3n) is 4.22. The minimum Gasteiger partial charge on any atom is -0.399 e. The van der Waals surface area contributed by atoms with E-state index >= 15 is 0 Å². The second-order valence-corrected chi connectivity index (χ2v) is 6.03. The summed E-state index contributed by atoms with van der Waals surface area (Å²) in [6, 6.07) is 11.5. The molecule has 0 aromatic heterocycles. The van der Waals surface area contributed by atoms with Crippen molar-refractivity contribution in [2.24, 2.45) is 5.10 Å². The summed E-state index contributed by atoms with van der Waals surface area (Å²) in [5.74, 6) is -0.668. The number of hydrogen-bond donors (Lipinski definition) is 2. The van der Waals surface area contributed by atoms with Crippen molar-refractivity contribution < 1.29 is 13.9 Å². The molecular weight excluding hydrogens is 335 g/mol. The molecule has 1 heterocycles. The predicted molar refractivity (Wildman–Crippen MR) is 100.0 cm³/mol. The summed E-state index contributed by atoms with van der Waals surface area (Å²) in [7, 11) is 0. The Morgan fingerprint density at radius 1 is 1.15 bits per heavy atom. The Labute approximate surface area is 151 Å². The van der Waals surface area contributed by atoms with Crippen molar-refractivity contribution >= 4 is 23.0 Å². The van der Waals surface area contributed by atoms with Crippen LogP contribution in [0.25, 0.3) is 0 Å². The van der Waals surface area contributed by atoms with E-state index in [-0.39, 0.29) is 11.7 Å². The molecule has 0 radical (unpaired) electrons. The Morgan fingerprint density at radius 3 is 2.46 bits per heavy atom. The molecule has 1 amide bonds.